The number of amides is 1. The lowest BCUT2D eigenvalue weighted by Gasteiger charge is -2.08. The Morgan fingerprint density at radius 1 is 1.08 bits per heavy atom. The number of carbonyl (C=O) groups is 2. The van der Waals surface area contributed by atoms with Crippen LogP contribution in [-0.4, -0.2) is 25.0 Å². The molecule has 0 aromatic heterocycles. The second-order valence-electron chi connectivity index (χ2n) is 5.00. The van der Waals surface area contributed by atoms with Crippen molar-refractivity contribution in [3.8, 4) is 0 Å². The van der Waals surface area contributed by atoms with Crippen molar-refractivity contribution in [2.45, 2.75) is 6.42 Å². The van der Waals surface area contributed by atoms with Crippen molar-refractivity contribution in [1.82, 2.24) is 0 Å². The Balaban J connectivity index is 1.86. The molecular weight excluding hydrogens is 351 g/mol. The van der Waals surface area contributed by atoms with Gasteiger partial charge in [-0.15, -0.1) is 0 Å². The van der Waals surface area contributed by atoms with Crippen LogP contribution in [0.1, 0.15) is 15.9 Å². The summed E-state index contributed by atoms with van der Waals surface area (Å²) >= 11 is 12.0. The van der Waals surface area contributed by atoms with E-state index in [1.807, 2.05) is 6.07 Å². The maximum Gasteiger partial charge on any atom is 0.338 e. The molecule has 0 aliphatic carbocycles. The monoisotopic (exact) mass is 366 g/mol. The van der Waals surface area contributed by atoms with Crippen LogP contribution in [-0.2, 0) is 16.0 Å². The summed E-state index contributed by atoms with van der Waals surface area (Å²) in [6.45, 7) is 0.227. The number of benzene rings is 2. The van der Waals surface area contributed by atoms with E-state index < -0.39 is 11.9 Å². The lowest BCUT2D eigenvalue weighted by Crippen LogP contribution is -2.21. The number of esters is 1. The maximum absolute atomic E-state index is 12.0. The summed E-state index contributed by atoms with van der Waals surface area (Å²) in [6.07, 6.45) is 0.476. The fourth-order valence-corrected chi connectivity index (χ4v) is 2.41. The topological polar surface area (TPSA) is 81.4 Å². The van der Waals surface area contributed by atoms with E-state index in [9.17, 15) is 9.59 Å². The normalized spacial score (nSPS) is 10.2. The molecule has 0 radical (unpaired) electrons. The van der Waals surface area contributed by atoms with Crippen molar-refractivity contribution in [2.24, 2.45) is 5.73 Å². The molecule has 2 aromatic carbocycles. The van der Waals surface area contributed by atoms with Crippen LogP contribution in [0.15, 0.2) is 42.5 Å². The Hall–Kier alpha value is -2.24. The van der Waals surface area contributed by atoms with Crippen molar-refractivity contribution in [3.05, 3.63) is 63.6 Å². The van der Waals surface area contributed by atoms with Gasteiger partial charge in [0.15, 0.2) is 0 Å². The van der Waals surface area contributed by atoms with Crippen LogP contribution in [0.25, 0.3) is 0 Å². The van der Waals surface area contributed by atoms with E-state index in [0.717, 1.165) is 5.56 Å². The highest BCUT2D eigenvalue weighted by Crippen LogP contribution is 2.25. The van der Waals surface area contributed by atoms with Gasteiger partial charge in [-0.3, -0.25) is 4.79 Å². The van der Waals surface area contributed by atoms with Crippen molar-refractivity contribution in [3.63, 3.8) is 0 Å². The minimum absolute atomic E-state index is 0.0319. The van der Waals surface area contributed by atoms with E-state index >= 15 is 0 Å². The average molecular weight is 367 g/mol. The summed E-state index contributed by atoms with van der Waals surface area (Å²) in [5.74, 6) is -0.896. The lowest BCUT2D eigenvalue weighted by atomic mass is 10.1. The Morgan fingerprint density at radius 3 is 2.46 bits per heavy atom. The maximum atomic E-state index is 12.0. The van der Waals surface area contributed by atoms with Crippen molar-refractivity contribution in [1.29, 1.82) is 0 Å². The van der Waals surface area contributed by atoms with Crippen LogP contribution in [0.2, 0.25) is 10.0 Å². The Morgan fingerprint density at radius 2 is 1.79 bits per heavy atom. The quantitative estimate of drug-likeness (QED) is 0.736. The number of hydrogen-bond donors (Lipinski definition) is 2. The molecular formula is C17H16Cl2N2O3. The minimum atomic E-state index is -0.460. The van der Waals surface area contributed by atoms with Gasteiger partial charge >= 0.3 is 5.97 Å². The number of halogens is 2. The van der Waals surface area contributed by atoms with Gasteiger partial charge in [0.2, 0.25) is 5.91 Å². The largest absolute Gasteiger partial charge is 0.462 e. The van der Waals surface area contributed by atoms with E-state index in [1.165, 1.54) is 0 Å². The number of primary amides is 1. The molecule has 0 atom stereocenters. The van der Waals surface area contributed by atoms with Crippen LogP contribution in [0, 0.1) is 0 Å². The summed E-state index contributed by atoms with van der Waals surface area (Å²) in [4.78, 5) is 22.7. The fraction of sp³-hybridized carbons (Fsp3) is 0.176. The molecule has 0 heterocycles. The van der Waals surface area contributed by atoms with Gasteiger partial charge < -0.3 is 15.8 Å². The van der Waals surface area contributed by atoms with Crippen LogP contribution in [0.4, 0.5) is 5.69 Å². The zero-order valence-electron chi connectivity index (χ0n) is 12.7. The molecule has 1 amide bonds. The number of nitrogens with two attached hydrogens (primary N) is 1. The molecule has 0 unspecified atom stereocenters. The SMILES string of the molecule is NC(=O)CNc1ccc(C(=O)OCCc2cccc(Cl)c2Cl)cc1. The number of ether oxygens (including phenoxy) is 1. The summed E-state index contributed by atoms with van der Waals surface area (Å²) in [6, 6.07) is 11.9. The van der Waals surface area contributed by atoms with Crippen LogP contribution < -0.4 is 11.1 Å². The third kappa shape index (κ3) is 5.15. The highest BCUT2D eigenvalue weighted by Gasteiger charge is 2.09. The number of rotatable bonds is 7. The zero-order chi connectivity index (χ0) is 17.5. The van der Waals surface area contributed by atoms with Gasteiger partial charge in [-0.2, -0.15) is 0 Å². The summed E-state index contributed by atoms with van der Waals surface area (Å²) in [5, 5.41) is 3.78. The number of nitrogens with one attached hydrogen (secondary N) is 1. The van der Waals surface area contributed by atoms with Crippen LogP contribution in [0.5, 0.6) is 0 Å². The number of anilines is 1. The fourth-order valence-electron chi connectivity index (χ4n) is 1.99. The molecule has 3 N–H and O–H groups in total. The molecule has 0 fully saturated rings. The van der Waals surface area contributed by atoms with Crippen molar-refractivity contribution >= 4 is 40.8 Å². The third-order valence-electron chi connectivity index (χ3n) is 3.22. The predicted molar refractivity (Wildman–Crippen MR) is 94.6 cm³/mol. The molecule has 0 aliphatic rings. The molecule has 7 heteroatoms. The first kappa shape index (κ1) is 18.1. The Labute approximate surface area is 149 Å². The van der Waals surface area contributed by atoms with Gasteiger partial charge in [0.05, 0.1) is 28.8 Å². The van der Waals surface area contributed by atoms with Crippen molar-refractivity contribution in [2.75, 3.05) is 18.5 Å². The number of hydrogen-bond acceptors (Lipinski definition) is 4. The van der Waals surface area contributed by atoms with Crippen LogP contribution in [0.3, 0.4) is 0 Å². The molecule has 0 aliphatic heterocycles. The first-order valence-electron chi connectivity index (χ1n) is 7.19. The molecule has 0 bridgehead atoms. The van der Waals surface area contributed by atoms with Gasteiger partial charge in [-0.25, -0.2) is 4.79 Å². The van der Waals surface area contributed by atoms with Gasteiger partial charge in [0, 0.05) is 12.1 Å². The molecule has 0 saturated heterocycles. The zero-order valence-corrected chi connectivity index (χ0v) is 14.2. The Bertz CT molecular complexity index is 733. The standard InChI is InChI=1S/C17H16Cl2N2O3/c18-14-3-1-2-11(16(14)19)8-9-24-17(23)12-4-6-13(7-5-12)21-10-15(20)22/h1-7,21H,8-10H2,(H2,20,22). The second-order valence-corrected chi connectivity index (χ2v) is 5.78. The third-order valence-corrected chi connectivity index (χ3v) is 4.08. The molecule has 0 spiro atoms. The molecule has 2 aromatic rings. The van der Waals surface area contributed by atoms with Gasteiger partial charge in [-0.05, 0) is 35.9 Å². The van der Waals surface area contributed by atoms with E-state index in [1.54, 1.807) is 36.4 Å². The predicted octanol–water partition coefficient (Wildman–Crippen LogP) is 3.29. The smallest absolute Gasteiger partial charge is 0.338 e. The summed E-state index contributed by atoms with van der Waals surface area (Å²) in [7, 11) is 0. The second kappa shape index (κ2) is 8.57. The number of carbonyl (C=O) groups excluding carboxylic acids is 2. The molecule has 24 heavy (non-hydrogen) atoms. The summed E-state index contributed by atoms with van der Waals surface area (Å²) in [5.41, 5.74) is 6.97. The average Bonchev–Trinajstić information content (AvgIpc) is 2.57. The molecule has 2 rings (SSSR count). The van der Waals surface area contributed by atoms with Gasteiger partial charge in [0.1, 0.15) is 0 Å². The minimum Gasteiger partial charge on any atom is -0.462 e. The van der Waals surface area contributed by atoms with Gasteiger partial charge in [-0.1, -0.05) is 35.3 Å². The van der Waals surface area contributed by atoms with E-state index in [-0.39, 0.29) is 13.2 Å². The highest BCUT2D eigenvalue weighted by molar-refractivity contribution is 6.42. The van der Waals surface area contributed by atoms with Crippen LogP contribution >= 0.6 is 23.2 Å². The molecule has 5 nitrogen and oxygen atoms in total. The highest BCUT2D eigenvalue weighted by atomic mass is 35.5. The van der Waals surface area contributed by atoms with E-state index in [0.29, 0.717) is 27.7 Å². The summed E-state index contributed by atoms with van der Waals surface area (Å²) < 4.78 is 5.23. The van der Waals surface area contributed by atoms with Gasteiger partial charge in [0.25, 0.3) is 0 Å². The molecule has 126 valence electrons. The Kier molecular flexibility index (Phi) is 6.46. The first-order chi connectivity index (χ1) is 11.5. The molecule has 0 saturated carbocycles. The first-order valence-corrected chi connectivity index (χ1v) is 7.95. The van der Waals surface area contributed by atoms with Crippen molar-refractivity contribution < 1.29 is 14.3 Å². The van der Waals surface area contributed by atoms with E-state index in [4.69, 9.17) is 33.7 Å². The lowest BCUT2D eigenvalue weighted by molar-refractivity contribution is -0.116. The van der Waals surface area contributed by atoms with E-state index in [2.05, 4.69) is 5.32 Å².